The molecular weight excluding hydrogens is 299 g/mol. The second-order valence-corrected chi connectivity index (χ2v) is 6.53. The molecule has 1 aromatic carbocycles. The van der Waals surface area contributed by atoms with E-state index < -0.39 is 21.9 Å². The van der Waals surface area contributed by atoms with Gasteiger partial charge in [0.2, 0.25) is 10.0 Å². The molecule has 2 aromatic rings. The van der Waals surface area contributed by atoms with E-state index in [1.165, 1.54) is 24.4 Å². The lowest BCUT2D eigenvalue weighted by atomic mass is 10.3. The minimum Gasteiger partial charge on any atom is -0.350 e. The van der Waals surface area contributed by atoms with Crippen LogP contribution in [0.1, 0.15) is 11.3 Å². The molecule has 110 valence electrons. The minimum absolute atomic E-state index is 0.0306. The Balaban J connectivity index is 1.95. The van der Waals surface area contributed by atoms with Crippen molar-refractivity contribution < 1.29 is 17.6 Å². The zero-order valence-corrected chi connectivity index (χ0v) is 11.5. The van der Waals surface area contributed by atoms with Gasteiger partial charge in [0, 0.05) is 12.1 Å². The number of sulfonamides is 1. The van der Waals surface area contributed by atoms with Crippen molar-refractivity contribution in [2.45, 2.75) is 18.0 Å². The van der Waals surface area contributed by atoms with Crippen LogP contribution >= 0.6 is 0 Å². The summed E-state index contributed by atoms with van der Waals surface area (Å²) in [6.07, 6.45) is 1.40. The highest BCUT2D eigenvalue weighted by atomic mass is 32.2. The van der Waals surface area contributed by atoms with E-state index in [0.29, 0.717) is 11.3 Å². The molecule has 1 amide bonds. The van der Waals surface area contributed by atoms with Crippen LogP contribution in [0.3, 0.4) is 0 Å². The summed E-state index contributed by atoms with van der Waals surface area (Å²) < 4.78 is 40.2. The van der Waals surface area contributed by atoms with Crippen LogP contribution in [-0.4, -0.2) is 28.5 Å². The van der Waals surface area contributed by atoms with Gasteiger partial charge in [-0.1, -0.05) is 6.07 Å². The molecule has 9 heteroatoms. The quantitative estimate of drug-likeness (QED) is 0.880. The van der Waals surface area contributed by atoms with E-state index in [0.717, 1.165) is 15.1 Å². The molecule has 0 unspecified atom stereocenters. The summed E-state index contributed by atoms with van der Waals surface area (Å²) in [7, 11) is -3.84. The number of hydrogen-bond donors (Lipinski definition) is 1. The number of fused-ring (bicyclic) bond motifs is 1. The number of benzene rings is 1. The Morgan fingerprint density at radius 2 is 2.10 bits per heavy atom. The van der Waals surface area contributed by atoms with Crippen molar-refractivity contribution in [3.63, 3.8) is 0 Å². The second-order valence-electron chi connectivity index (χ2n) is 4.60. The smallest absolute Gasteiger partial charge is 0.339 e. The van der Waals surface area contributed by atoms with Crippen molar-refractivity contribution in [3.8, 4) is 0 Å². The Labute approximate surface area is 119 Å². The number of hydrogen-bond acceptors (Lipinski definition) is 4. The molecule has 1 aliphatic heterocycles. The SMILES string of the molecule is NC(=O)n1ncc2c1CN(S(=O)(=O)c1cccc(F)c1)C2. The van der Waals surface area contributed by atoms with Crippen LogP contribution in [0.15, 0.2) is 35.4 Å². The predicted octanol–water partition coefficient (Wildman–Crippen LogP) is 0.654. The average molecular weight is 310 g/mol. The van der Waals surface area contributed by atoms with E-state index in [1.54, 1.807) is 0 Å². The summed E-state index contributed by atoms with van der Waals surface area (Å²) in [5, 5.41) is 3.80. The molecule has 0 fully saturated rings. The van der Waals surface area contributed by atoms with Gasteiger partial charge in [0.1, 0.15) is 5.82 Å². The van der Waals surface area contributed by atoms with Crippen LogP contribution in [0.25, 0.3) is 0 Å². The number of primary amides is 1. The lowest BCUT2D eigenvalue weighted by molar-refractivity contribution is 0.246. The maximum Gasteiger partial charge on any atom is 0.339 e. The standard InChI is InChI=1S/C12H11FN4O3S/c13-9-2-1-3-10(4-9)21(19,20)16-6-8-5-15-17(12(14)18)11(8)7-16/h1-5H,6-7H2,(H2,14,18). The van der Waals surface area contributed by atoms with Crippen molar-refractivity contribution in [2.75, 3.05) is 0 Å². The summed E-state index contributed by atoms with van der Waals surface area (Å²) >= 11 is 0. The first kappa shape index (κ1) is 13.7. The Hall–Kier alpha value is -2.26. The molecule has 1 aromatic heterocycles. The molecule has 3 rings (SSSR count). The van der Waals surface area contributed by atoms with E-state index >= 15 is 0 Å². The summed E-state index contributed by atoms with van der Waals surface area (Å²) in [6, 6.07) is 4.00. The van der Waals surface area contributed by atoms with Gasteiger partial charge in [-0.3, -0.25) is 0 Å². The van der Waals surface area contributed by atoms with E-state index in [4.69, 9.17) is 5.73 Å². The summed E-state index contributed by atoms with van der Waals surface area (Å²) in [5.74, 6) is -0.629. The van der Waals surface area contributed by atoms with E-state index in [1.807, 2.05) is 0 Å². The fourth-order valence-corrected chi connectivity index (χ4v) is 3.67. The van der Waals surface area contributed by atoms with Gasteiger partial charge in [0.15, 0.2) is 0 Å². The third-order valence-corrected chi connectivity index (χ3v) is 5.06. The van der Waals surface area contributed by atoms with Crippen molar-refractivity contribution >= 4 is 16.1 Å². The lowest BCUT2D eigenvalue weighted by Gasteiger charge is -2.16. The fourth-order valence-electron chi connectivity index (χ4n) is 2.26. The highest BCUT2D eigenvalue weighted by Gasteiger charge is 2.34. The molecular formula is C12H11FN4O3S. The molecule has 0 spiro atoms. The topological polar surface area (TPSA) is 98.3 Å². The molecule has 21 heavy (non-hydrogen) atoms. The summed E-state index contributed by atoms with van der Waals surface area (Å²) in [6.45, 7) is 0.0403. The van der Waals surface area contributed by atoms with Gasteiger partial charge in [0.25, 0.3) is 0 Å². The van der Waals surface area contributed by atoms with Crippen LogP contribution in [-0.2, 0) is 23.1 Å². The zero-order chi connectivity index (χ0) is 15.2. The molecule has 0 aliphatic carbocycles. The largest absolute Gasteiger partial charge is 0.350 e. The second kappa shape index (κ2) is 4.64. The molecule has 2 heterocycles. The van der Waals surface area contributed by atoms with E-state index in [-0.39, 0.29) is 18.0 Å². The number of amides is 1. The molecule has 2 N–H and O–H groups in total. The fraction of sp³-hybridized carbons (Fsp3) is 0.167. The van der Waals surface area contributed by atoms with Crippen LogP contribution in [0.4, 0.5) is 9.18 Å². The maximum absolute atomic E-state index is 13.2. The number of carbonyl (C=O) groups is 1. The number of carbonyl (C=O) groups excluding carboxylic acids is 1. The Morgan fingerprint density at radius 1 is 1.33 bits per heavy atom. The molecule has 0 radical (unpaired) electrons. The van der Waals surface area contributed by atoms with Gasteiger partial charge < -0.3 is 5.73 Å². The molecule has 0 bridgehead atoms. The van der Waals surface area contributed by atoms with Crippen LogP contribution < -0.4 is 5.73 Å². The first-order valence-corrected chi connectivity index (χ1v) is 7.45. The number of halogens is 1. The Bertz CT molecular complexity index is 831. The van der Waals surface area contributed by atoms with E-state index in [9.17, 15) is 17.6 Å². The van der Waals surface area contributed by atoms with Crippen molar-refractivity contribution in [2.24, 2.45) is 5.73 Å². The monoisotopic (exact) mass is 310 g/mol. The summed E-state index contributed by atoms with van der Waals surface area (Å²) in [5.41, 5.74) is 6.20. The van der Waals surface area contributed by atoms with Gasteiger partial charge in [-0.05, 0) is 18.2 Å². The van der Waals surface area contributed by atoms with Crippen LogP contribution in [0, 0.1) is 5.82 Å². The molecule has 7 nitrogen and oxygen atoms in total. The normalized spacial score (nSPS) is 15.1. The number of aromatic nitrogens is 2. The average Bonchev–Trinajstić information content (AvgIpc) is 2.97. The number of nitrogens with zero attached hydrogens (tertiary/aromatic N) is 3. The predicted molar refractivity (Wildman–Crippen MR) is 70.0 cm³/mol. The maximum atomic E-state index is 13.2. The van der Waals surface area contributed by atoms with Gasteiger partial charge in [-0.25, -0.2) is 17.6 Å². The summed E-state index contributed by atoms with van der Waals surface area (Å²) in [4.78, 5) is 11.1. The highest BCUT2D eigenvalue weighted by Crippen LogP contribution is 2.28. The van der Waals surface area contributed by atoms with Crippen molar-refractivity contribution in [3.05, 3.63) is 47.5 Å². The van der Waals surface area contributed by atoms with Gasteiger partial charge in [-0.2, -0.15) is 14.1 Å². The van der Waals surface area contributed by atoms with Gasteiger partial charge in [-0.15, -0.1) is 0 Å². The van der Waals surface area contributed by atoms with Gasteiger partial charge in [0.05, 0.1) is 23.3 Å². The zero-order valence-electron chi connectivity index (χ0n) is 10.7. The number of rotatable bonds is 2. The van der Waals surface area contributed by atoms with E-state index in [2.05, 4.69) is 5.10 Å². The van der Waals surface area contributed by atoms with Crippen molar-refractivity contribution in [1.82, 2.24) is 14.1 Å². The molecule has 1 aliphatic rings. The first-order chi connectivity index (χ1) is 9.89. The highest BCUT2D eigenvalue weighted by molar-refractivity contribution is 7.89. The van der Waals surface area contributed by atoms with Crippen LogP contribution in [0.5, 0.6) is 0 Å². The third-order valence-electron chi connectivity index (χ3n) is 3.27. The van der Waals surface area contributed by atoms with Gasteiger partial charge >= 0.3 is 6.03 Å². The molecule has 0 saturated heterocycles. The lowest BCUT2D eigenvalue weighted by Crippen LogP contribution is -2.28. The minimum atomic E-state index is -3.84. The number of nitrogens with two attached hydrogens (primary N) is 1. The van der Waals surface area contributed by atoms with Crippen molar-refractivity contribution in [1.29, 1.82) is 0 Å². The molecule has 0 saturated carbocycles. The molecule has 0 atom stereocenters. The third kappa shape index (κ3) is 2.20. The first-order valence-electron chi connectivity index (χ1n) is 6.01. The van der Waals surface area contributed by atoms with Crippen LogP contribution in [0.2, 0.25) is 0 Å². The Kier molecular flexibility index (Phi) is 3.03. The Morgan fingerprint density at radius 3 is 2.76 bits per heavy atom.